The molecule has 64 valence electrons. The number of hydrogen-bond acceptors (Lipinski definition) is 3. The van der Waals surface area contributed by atoms with Gasteiger partial charge in [-0.25, -0.2) is 0 Å². The molecule has 1 aromatic rings. The van der Waals surface area contributed by atoms with Crippen LogP contribution >= 0.6 is 0 Å². The molecule has 0 amide bonds. The maximum atomic E-state index is 10.3. The Kier molecular flexibility index (Phi) is 2.19. The lowest BCUT2D eigenvalue weighted by Gasteiger charge is -2.01. The Hall–Kier alpha value is -1.71. The van der Waals surface area contributed by atoms with Crippen molar-refractivity contribution < 1.29 is 15.0 Å². The molecule has 1 rings (SSSR count). The minimum atomic E-state index is -0.990. The van der Waals surface area contributed by atoms with E-state index in [0.29, 0.717) is 11.3 Å². The molecule has 0 unspecified atom stereocenters. The zero-order valence-electron chi connectivity index (χ0n) is 6.32. The highest BCUT2D eigenvalue weighted by Crippen LogP contribution is 2.19. The van der Waals surface area contributed by atoms with Crippen molar-refractivity contribution in [1.82, 2.24) is 0 Å². The van der Waals surface area contributed by atoms with Gasteiger partial charge in [0.25, 0.3) is 0 Å². The molecule has 0 aliphatic heterocycles. The number of aliphatic carboxylic acids is 1. The molecular weight excluding hydrogens is 158 g/mol. The van der Waals surface area contributed by atoms with Gasteiger partial charge in [-0.1, -0.05) is 0 Å². The van der Waals surface area contributed by atoms with Crippen molar-refractivity contribution in [3.63, 3.8) is 0 Å². The zero-order chi connectivity index (χ0) is 9.14. The molecule has 0 spiro atoms. The third kappa shape index (κ3) is 1.88. The largest absolute Gasteiger partial charge is 0.508 e. The van der Waals surface area contributed by atoms with Gasteiger partial charge in [-0.2, -0.15) is 0 Å². The second-order valence-electron chi connectivity index (χ2n) is 2.46. The van der Waals surface area contributed by atoms with E-state index in [-0.39, 0.29) is 12.2 Å². The van der Waals surface area contributed by atoms with Crippen LogP contribution in [-0.4, -0.2) is 16.2 Å². The van der Waals surface area contributed by atoms with Crippen molar-refractivity contribution in [2.24, 2.45) is 0 Å². The molecule has 4 nitrogen and oxygen atoms in total. The molecule has 0 aromatic heterocycles. The van der Waals surface area contributed by atoms with Crippen molar-refractivity contribution in [3.8, 4) is 5.75 Å². The van der Waals surface area contributed by atoms with Gasteiger partial charge in [0, 0.05) is 11.3 Å². The summed E-state index contributed by atoms with van der Waals surface area (Å²) >= 11 is 0. The van der Waals surface area contributed by atoms with Crippen LogP contribution in [0.15, 0.2) is 18.2 Å². The van der Waals surface area contributed by atoms with Gasteiger partial charge in [0.2, 0.25) is 0 Å². The summed E-state index contributed by atoms with van der Waals surface area (Å²) in [5, 5.41) is 17.6. The van der Waals surface area contributed by atoms with Gasteiger partial charge in [0.05, 0.1) is 6.42 Å². The Labute approximate surface area is 69.3 Å². The van der Waals surface area contributed by atoms with Crippen LogP contribution in [0.2, 0.25) is 0 Å². The van der Waals surface area contributed by atoms with E-state index in [2.05, 4.69) is 0 Å². The maximum absolute atomic E-state index is 10.3. The normalized spacial score (nSPS) is 9.67. The fraction of sp³-hybridized carbons (Fsp3) is 0.125. The van der Waals surface area contributed by atoms with Crippen molar-refractivity contribution in [2.75, 3.05) is 5.73 Å². The van der Waals surface area contributed by atoms with E-state index < -0.39 is 5.97 Å². The molecule has 0 aliphatic rings. The fourth-order valence-electron chi connectivity index (χ4n) is 0.910. The predicted molar refractivity (Wildman–Crippen MR) is 43.9 cm³/mol. The number of nitrogens with two attached hydrogens (primary N) is 1. The Morgan fingerprint density at radius 3 is 2.75 bits per heavy atom. The van der Waals surface area contributed by atoms with Crippen LogP contribution < -0.4 is 5.73 Å². The molecule has 4 N–H and O–H groups in total. The van der Waals surface area contributed by atoms with Gasteiger partial charge in [0.1, 0.15) is 5.75 Å². The van der Waals surface area contributed by atoms with Crippen LogP contribution in [0, 0.1) is 0 Å². The summed E-state index contributed by atoms with van der Waals surface area (Å²) in [6.45, 7) is 0. The fourth-order valence-corrected chi connectivity index (χ4v) is 0.910. The van der Waals surface area contributed by atoms with E-state index in [1.54, 1.807) is 0 Å². The molecule has 0 fully saturated rings. The topological polar surface area (TPSA) is 83.5 Å². The second kappa shape index (κ2) is 3.13. The SMILES string of the molecule is Nc1ccc(O)c(CC(=O)O)c1. The van der Waals surface area contributed by atoms with Crippen LogP contribution in [0.1, 0.15) is 5.56 Å². The van der Waals surface area contributed by atoms with Crippen LogP contribution in [-0.2, 0) is 11.2 Å². The van der Waals surface area contributed by atoms with Crippen molar-refractivity contribution in [1.29, 1.82) is 0 Å². The number of phenols is 1. The molecule has 0 radical (unpaired) electrons. The highest BCUT2D eigenvalue weighted by molar-refractivity contribution is 5.72. The number of carboxylic acid groups (broad SMARTS) is 1. The van der Waals surface area contributed by atoms with E-state index in [1.807, 2.05) is 0 Å². The molecule has 0 saturated carbocycles. The second-order valence-corrected chi connectivity index (χ2v) is 2.46. The smallest absolute Gasteiger partial charge is 0.307 e. The lowest BCUT2D eigenvalue weighted by Crippen LogP contribution is -2.00. The van der Waals surface area contributed by atoms with Crippen molar-refractivity contribution in [2.45, 2.75) is 6.42 Å². The van der Waals surface area contributed by atoms with Gasteiger partial charge in [-0.3, -0.25) is 4.79 Å². The molecule has 0 atom stereocenters. The van der Waals surface area contributed by atoms with Crippen LogP contribution in [0.3, 0.4) is 0 Å². The summed E-state index contributed by atoms with van der Waals surface area (Å²) in [6.07, 6.45) is -0.211. The monoisotopic (exact) mass is 167 g/mol. The van der Waals surface area contributed by atoms with Gasteiger partial charge in [0.15, 0.2) is 0 Å². The Balaban J connectivity index is 2.97. The summed E-state index contributed by atoms with van der Waals surface area (Å²) < 4.78 is 0. The summed E-state index contributed by atoms with van der Waals surface area (Å²) in [5.74, 6) is -1.03. The number of anilines is 1. The first kappa shape index (κ1) is 8.39. The molecule has 12 heavy (non-hydrogen) atoms. The molecule has 4 heteroatoms. The van der Waals surface area contributed by atoms with Crippen LogP contribution in [0.4, 0.5) is 5.69 Å². The average molecular weight is 167 g/mol. The summed E-state index contributed by atoms with van der Waals surface area (Å²) in [5.41, 5.74) is 6.18. The third-order valence-corrected chi connectivity index (χ3v) is 1.45. The van der Waals surface area contributed by atoms with Gasteiger partial charge >= 0.3 is 5.97 Å². The van der Waals surface area contributed by atoms with E-state index >= 15 is 0 Å². The van der Waals surface area contributed by atoms with E-state index in [0.717, 1.165) is 0 Å². The lowest BCUT2D eigenvalue weighted by atomic mass is 10.1. The Morgan fingerprint density at radius 2 is 2.17 bits per heavy atom. The van der Waals surface area contributed by atoms with E-state index in [9.17, 15) is 4.79 Å². The Morgan fingerprint density at radius 1 is 1.50 bits per heavy atom. The first-order valence-corrected chi connectivity index (χ1v) is 3.39. The summed E-state index contributed by atoms with van der Waals surface area (Å²) in [7, 11) is 0. The first-order valence-electron chi connectivity index (χ1n) is 3.39. The maximum Gasteiger partial charge on any atom is 0.307 e. The van der Waals surface area contributed by atoms with Crippen molar-refractivity contribution >= 4 is 11.7 Å². The highest BCUT2D eigenvalue weighted by Gasteiger charge is 2.05. The average Bonchev–Trinajstić information content (AvgIpc) is 1.96. The molecule has 0 heterocycles. The quantitative estimate of drug-likeness (QED) is 0.445. The summed E-state index contributed by atoms with van der Waals surface area (Å²) in [4.78, 5) is 10.3. The number of phenolic OH excluding ortho intramolecular Hbond substituents is 1. The number of hydrogen-bond donors (Lipinski definition) is 3. The number of carboxylic acids is 1. The summed E-state index contributed by atoms with van der Waals surface area (Å²) in [6, 6.07) is 4.34. The van der Waals surface area contributed by atoms with Gasteiger partial charge < -0.3 is 15.9 Å². The predicted octanol–water partition coefficient (Wildman–Crippen LogP) is 0.602. The van der Waals surface area contributed by atoms with Gasteiger partial charge in [-0.15, -0.1) is 0 Å². The van der Waals surface area contributed by atoms with Gasteiger partial charge in [-0.05, 0) is 18.2 Å². The lowest BCUT2D eigenvalue weighted by molar-refractivity contribution is -0.136. The van der Waals surface area contributed by atoms with E-state index in [4.69, 9.17) is 15.9 Å². The van der Waals surface area contributed by atoms with E-state index in [1.165, 1.54) is 18.2 Å². The minimum absolute atomic E-state index is 0.0356. The number of benzene rings is 1. The molecular formula is C8H9NO3. The molecule has 0 aliphatic carbocycles. The molecule has 0 saturated heterocycles. The number of nitrogen functional groups attached to an aromatic ring is 1. The van der Waals surface area contributed by atoms with Crippen LogP contribution in [0.25, 0.3) is 0 Å². The molecule has 0 bridgehead atoms. The Bertz CT molecular complexity index is 309. The minimum Gasteiger partial charge on any atom is -0.508 e. The van der Waals surface area contributed by atoms with Crippen LogP contribution in [0.5, 0.6) is 5.75 Å². The number of aromatic hydroxyl groups is 1. The zero-order valence-corrected chi connectivity index (χ0v) is 6.32. The number of carbonyl (C=O) groups is 1. The molecule has 1 aromatic carbocycles. The third-order valence-electron chi connectivity index (χ3n) is 1.45. The highest BCUT2D eigenvalue weighted by atomic mass is 16.4. The van der Waals surface area contributed by atoms with Crippen molar-refractivity contribution in [3.05, 3.63) is 23.8 Å². The first-order chi connectivity index (χ1) is 5.59. The number of rotatable bonds is 2. The standard InChI is InChI=1S/C8H9NO3/c9-6-1-2-7(10)5(3-6)4-8(11)12/h1-3,10H,4,9H2,(H,11,12).